The molecule has 0 radical (unpaired) electrons. The van der Waals surface area contributed by atoms with E-state index >= 15 is 0 Å². The number of nitrogens with zero attached hydrogens (tertiary/aromatic N) is 5. The number of amides is 1. The van der Waals surface area contributed by atoms with Gasteiger partial charge in [-0.3, -0.25) is 30.2 Å². The van der Waals surface area contributed by atoms with Gasteiger partial charge in [-0.2, -0.15) is 0 Å². The lowest BCUT2D eigenvalue weighted by atomic mass is 9.77. The minimum Gasteiger partial charge on any atom is -0.508 e. The van der Waals surface area contributed by atoms with E-state index in [1.165, 1.54) is 74.2 Å². The van der Waals surface area contributed by atoms with Crippen molar-refractivity contribution in [1.29, 1.82) is 10.8 Å². The van der Waals surface area contributed by atoms with E-state index in [0.29, 0.717) is 70.7 Å². The van der Waals surface area contributed by atoms with E-state index in [9.17, 15) is 19.8 Å². The summed E-state index contributed by atoms with van der Waals surface area (Å²) < 4.78 is 0. The van der Waals surface area contributed by atoms with Crippen molar-refractivity contribution in [2.75, 3.05) is 47.0 Å². The molecule has 3 aromatic carbocycles. The average Bonchev–Trinajstić information content (AvgIpc) is 3.68. The van der Waals surface area contributed by atoms with Crippen LogP contribution in [-0.4, -0.2) is 74.6 Å². The molecule has 4 aromatic rings. The number of aromatic nitrogens is 2. The summed E-state index contributed by atoms with van der Waals surface area (Å²) in [4.78, 5) is 41.7. The molecule has 0 bridgehead atoms. The number of benzene rings is 3. The van der Waals surface area contributed by atoms with Crippen LogP contribution >= 0.6 is 23.4 Å². The lowest BCUT2D eigenvalue weighted by molar-refractivity contribution is -0.121. The maximum Gasteiger partial charge on any atom is 0.227 e. The largest absolute Gasteiger partial charge is 0.508 e. The number of nitrogens with two attached hydrogens (primary N) is 1. The number of aromatic hydroxyl groups is 2. The number of rotatable bonds is 11. The Labute approximate surface area is 360 Å². The van der Waals surface area contributed by atoms with Gasteiger partial charge in [-0.1, -0.05) is 68.3 Å². The minimum absolute atomic E-state index is 0.0803. The van der Waals surface area contributed by atoms with Crippen LogP contribution < -0.4 is 20.9 Å². The molecule has 316 valence electrons. The SMILES string of the molecule is CC(=O)C(=N)N(C(=N)c1cc(C(C)C)c(O)cc1O)c1ccc(CN2CCC(C(=O)Nc3cccc(Sc4ncc(N5CCC6(CCCC6)CC5)nc4N)c3Cl)CC2)cc1. The molecule has 0 atom stereocenters. The zero-order chi connectivity index (χ0) is 42.7. The van der Waals surface area contributed by atoms with Gasteiger partial charge in [0.1, 0.15) is 28.2 Å². The summed E-state index contributed by atoms with van der Waals surface area (Å²) in [5, 5.41) is 42.5. The second-order valence-corrected chi connectivity index (χ2v) is 18.1. The number of piperidine rings is 2. The van der Waals surface area contributed by atoms with Crippen LogP contribution in [0.5, 0.6) is 11.5 Å². The Morgan fingerprint density at radius 2 is 1.68 bits per heavy atom. The number of nitrogens with one attached hydrogen (secondary N) is 3. The van der Waals surface area contributed by atoms with Gasteiger partial charge in [0.25, 0.3) is 0 Å². The van der Waals surface area contributed by atoms with Crippen LogP contribution in [0.15, 0.2) is 70.7 Å². The molecule has 7 N–H and O–H groups in total. The highest BCUT2D eigenvalue weighted by atomic mass is 35.5. The number of carbonyl (C=O) groups is 2. The molecule has 60 heavy (non-hydrogen) atoms. The van der Waals surface area contributed by atoms with Gasteiger partial charge in [0.05, 0.1) is 22.5 Å². The molecule has 1 spiro atoms. The summed E-state index contributed by atoms with van der Waals surface area (Å²) >= 11 is 8.19. The van der Waals surface area contributed by atoms with Crippen LogP contribution in [0.1, 0.15) is 94.7 Å². The Hall–Kier alpha value is -5.18. The number of nitrogen functional groups attached to an aromatic ring is 1. The van der Waals surface area contributed by atoms with Crippen LogP contribution in [0.25, 0.3) is 0 Å². The van der Waals surface area contributed by atoms with Gasteiger partial charge in [-0.25, -0.2) is 9.97 Å². The molecule has 3 fully saturated rings. The Bertz CT molecular complexity index is 2260. The summed E-state index contributed by atoms with van der Waals surface area (Å²) in [5.74, 6) is -0.833. The van der Waals surface area contributed by atoms with E-state index < -0.39 is 11.6 Å². The number of Topliss-reactive ketones (excluding diaryl/α,β-unsaturated/α-hetero) is 1. The van der Waals surface area contributed by atoms with E-state index in [-0.39, 0.29) is 40.6 Å². The lowest BCUT2D eigenvalue weighted by Crippen LogP contribution is -2.40. The minimum atomic E-state index is -0.544. The Morgan fingerprint density at radius 3 is 2.32 bits per heavy atom. The summed E-state index contributed by atoms with van der Waals surface area (Å²) in [6.07, 6.45) is 10.9. The third kappa shape index (κ3) is 9.40. The summed E-state index contributed by atoms with van der Waals surface area (Å²) in [6.45, 7) is 9.02. The van der Waals surface area contributed by atoms with Crippen LogP contribution in [0.4, 0.5) is 23.0 Å². The van der Waals surface area contributed by atoms with Crippen molar-refractivity contribution in [2.24, 2.45) is 11.3 Å². The van der Waals surface area contributed by atoms with Crippen molar-refractivity contribution in [2.45, 2.75) is 94.5 Å². The number of phenols is 2. The molecule has 1 amide bonds. The molecule has 1 aliphatic carbocycles. The summed E-state index contributed by atoms with van der Waals surface area (Å²) in [6, 6.07) is 15.5. The van der Waals surface area contributed by atoms with Gasteiger partial charge >= 0.3 is 0 Å². The molecule has 13 nitrogen and oxygen atoms in total. The van der Waals surface area contributed by atoms with Crippen molar-refractivity contribution in [1.82, 2.24) is 14.9 Å². The van der Waals surface area contributed by atoms with E-state index in [2.05, 4.69) is 20.1 Å². The maximum atomic E-state index is 13.5. The van der Waals surface area contributed by atoms with E-state index in [1.807, 2.05) is 38.1 Å². The Balaban J connectivity index is 0.929. The maximum absolute atomic E-state index is 13.5. The van der Waals surface area contributed by atoms with Gasteiger partial charge in [0, 0.05) is 49.1 Å². The number of anilines is 4. The normalized spacial score (nSPS) is 16.9. The fourth-order valence-corrected chi connectivity index (χ4v) is 9.83. The number of hydrogen-bond donors (Lipinski definition) is 6. The lowest BCUT2D eigenvalue weighted by Gasteiger charge is -2.39. The van der Waals surface area contributed by atoms with Gasteiger partial charge in [0.2, 0.25) is 5.91 Å². The average molecular weight is 853 g/mol. The summed E-state index contributed by atoms with van der Waals surface area (Å²) in [7, 11) is 0. The predicted molar refractivity (Wildman–Crippen MR) is 239 cm³/mol. The van der Waals surface area contributed by atoms with Crippen molar-refractivity contribution in [3.8, 4) is 11.5 Å². The van der Waals surface area contributed by atoms with Gasteiger partial charge in [-0.05, 0) is 104 Å². The molecule has 1 aromatic heterocycles. The number of phenolic OH excluding ortho intramolecular Hbond substituents is 2. The highest BCUT2D eigenvalue weighted by molar-refractivity contribution is 7.99. The molecule has 15 heteroatoms. The molecular formula is C45H54ClN9O4S. The number of carbonyl (C=O) groups excluding carboxylic acids is 2. The molecule has 2 saturated heterocycles. The molecule has 2 aliphatic heterocycles. The smallest absolute Gasteiger partial charge is 0.227 e. The number of amidine groups is 2. The molecule has 1 saturated carbocycles. The van der Waals surface area contributed by atoms with Gasteiger partial charge in [-0.15, -0.1) is 0 Å². The quantitative estimate of drug-likeness (QED) is 0.0623. The third-order valence-corrected chi connectivity index (χ3v) is 13.9. The van der Waals surface area contributed by atoms with Crippen molar-refractivity contribution in [3.05, 3.63) is 82.5 Å². The fraction of sp³-hybridized carbons (Fsp3) is 0.422. The number of hydrogen-bond acceptors (Lipinski definition) is 12. The molecule has 3 aliphatic rings. The monoisotopic (exact) mass is 851 g/mol. The Kier molecular flexibility index (Phi) is 13.0. The van der Waals surface area contributed by atoms with Gasteiger partial charge in [0.15, 0.2) is 17.4 Å². The second-order valence-electron chi connectivity index (χ2n) is 16.7. The molecule has 7 rings (SSSR count). The van der Waals surface area contributed by atoms with Crippen LogP contribution in [0.3, 0.4) is 0 Å². The summed E-state index contributed by atoms with van der Waals surface area (Å²) in [5.41, 5.74) is 9.51. The van der Waals surface area contributed by atoms with E-state index in [1.54, 1.807) is 24.4 Å². The second kappa shape index (κ2) is 18.2. The van der Waals surface area contributed by atoms with Crippen molar-refractivity contribution in [3.63, 3.8) is 0 Å². The Morgan fingerprint density at radius 1 is 1.00 bits per heavy atom. The van der Waals surface area contributed by atoms with E-state index in [0.717, 1.165) is 29.4 Å². The first kappa shape index (κ1) is 42.9. The van der Waals surface area contributed by atoms with Crippen LogP contribution in [-0.2, 0) is 16.1 Å². The number of halogens is 1. The predicted octanol–water partition coefficient (Wildman–Crippen LogP) is 8.81. The molecular weight excluding hydrogens is 798 g/mol. The molecule has 0 unspecified atom stereocenters. The van der Waals surface area contributed by atoms with Crippen molar-refractivity contribution >= 4 is 69.7 Å². The first-order chi connectivity index (χ1) is 28.7. The fourth-order valence-electron chi connectivity index (χ4n) is 8.73. The standard InChI is InChI=1S/C45H54ClN9O4S/c1-27(2)32-23-33(36(58)24-35(32)57)42(49)55(41(48)28(3)56)31-11-9-29(10-12-31)26-53-19-13-30(14-20-53)43(59)51-34-7-6-8-37(39(34)46)60-44-40(47)52-38(25-50-44)54-21-17-45(18-22-54)15-4-5-16-45/h6-12,23-25,27,30,48-49,57-58H,4-5,13-22,26H2,1-3H3,(H2,47,52)(H,51,59). The molecule has 3 heterocycles. The van der Waals surface area contributed by atoms with Gasteiger partial charge < -0.3 is 26.2 Å². The topological polar surface area (TPSA) is 196 Å². The first-order valence-electron chi connectivity index (χ1n) is 20.7. The number of ketones is 1. The highest BCUT2D eigenvalue weighted by Gasteiger charge is 2.37. The van der Waals surface area contributed by atoms with Crippen LogP contribution in [0.2, 0.25) is 5.02 Å². The van der Waals surface area contributed by atoms with E-state index in [4.69, 9.17) is 33.1 Å². The zero-order valence-electron chi connectivity index (χ0n) is 34.4. The highest BCUT2D eigenvalue weighted by Crippen LogP contribution is 2.47. The number of likely N-dealkylation sites (tertiary alicyclic amines) is 1. The third-order valence-electron chi connectivity index (χ3n) is 12.4. The zero-order valence-corrected chi connectivity index (χ0v) is 36.0. The first-order valence-corrected chi connectivity index (χ1v) is 21.9. The van der Waals surface area contributed by atoms with Crippen molar-refractivity contribution < 1.29 is 19.8 Å². The van der Waals surface area contributed by atoms with Crippen LogP contribution in [0, 0.1) is 22.2 Å².